The molecule has 4 unspecified atom stereocenters. The lowest BCUT2D eigenvalue weighted by Crippen LogP contribution is -2.54. The molecule has 2 amide bonds. The van der Waals surface area contributed by atoms with E-state index in [2.05, 4.69) is 10.6 Å². The molecule has 2 saturated heterocycles. The van der Waals surface area contributed by atoms with Crippen LogP contribution in [0.5, 0.6) is 0 Å². The quantitative estimate of drug-likeness (QED) is 0.502. The average molecular weight is 448 g/mol. The highest BCUT2D eigenvalue weighted by atomic mass is 16.3. The maximum atomic E-state index is 13.1. The second-order valence-electron chi connectivity index (χ2n) is 11.1. The summed E-state index contributed by atoms with van der Waals surface area (Å²) in [5.41, 5.74) is 4.87. The van der Waals surface area contributed by atoms with Gasteiger partial charge in [-0.05, 0) is 69.1 Å². The number of amides is 2. The summed E-state index contributed by atoms with van der Waals surface area (Å²) < 4.78 is 0. The molecule has 180 valence electrons. The first kappa shape index (κ1) is 22.6. The molecule has 0 aromatic rings. The van der Waals surface area contributed by atoms with E-state index < -0.39 is 5.60 Å². The van der Waals surface area contributed by atoms with Gasteiger partial charge in [-0.2, -0.15) is 0 Å². The van der Waals surface area contributed by atoms with E-state index in [4.69, 9.17) is 5.73 Å². The highest BCUT2D eigenvalue weighted by molar-refractivity contribution is 5.88. The number of carbonyl (C=O) groups excluding carboxylic acids is 2. The number of carbonyl (C=O) groups is 2. The lowest BCUT2D eigenvalue weighted by molar-refractivity contribution is -0.148. The van der Waals surface area contributed by atoms with Crippen molar-refractivity contribution in [2.75, 3.05) is 32.7 Å². The third-order valence-corrected chi connectivity index (χ3v) is 9.06. The number of nitrogens with one attached hydrogen (secondary N) is 2. The van der Waals surface area contributed by atoms with Crippen molar-refractivity contribution in [2.24, 2.45) is 29.4 Å². The van der Waals surface area contributed by atoms with Crippen LogP contribution in [0.3, 0.4) is 0 Å². The Hall–Kier alpha value is -1.22. The van der Waals surface area contributed by atoms with Crippen LogP contribution in [0.2, 0.25) is 0 Å². The number of piperazine rings is 1. The Morgan fingerprint density at radius 2 is 1.53 bits per heavy atom. The molecule has 8 nitrogen and oxygen atoms in total. The van der Waals surface area contributed by atoms with Gasteiger partial charge in [-0.1, -0.05) is 12.8 Å². The predicted octanol–water partition coefficient (Wildman–Crippen LogP) is 0.599. The van der Waals surface area contributed by atoms with Crippen LogP contribution in [0.4, 0.5) is 0 Å². The van der Waals surface area contributed by atoms with Crippen molar-refractivity contribution >= 4 is 11.8 Å². The van der Waals surface area contributed by atoms with Gasteiger partial charge in [0, 0.05) is 44.7 Å². The number of nitrogens with zero attached hydrogens (tertiary/aromatic N) is 2. The normalized spacial score (nSPS) is 39.7. The van der Waals surface area contributed by atoms with Crippen LogP contribution in [0.25, 0.3) is 0 Å². The smallest absolute Gasteiger partial charge is 0.254 e. The summed E-state index contributed by atoms with van der Waals surface area (Å²) in [4.78, 5) is 29.2. The maximum absolute atomic E-state index is 13.1. The molecule has 5 aliphatic rings. The summed E-state index contributed by atoms with van der Waals surface area (Å²) in [6, 6.07) is 0.511. The monoisotopic (exact) mass is 447 g/mol. The molecular weight excluding hydrogens is 406 g/mol. The molecule has 32 heavy (non-hydrogen) atoms. The Labute approximate surface area is 191 Å². The van der Waals surface area contributed by atoms with Crippen LogP contribution in [-0.2, 0) is 9.59 Å². The summed E-state index contributed by atoms with van der Waals surface area (Å²) in [6.07, 6.45) is 10.8. The number of rotatable bonds is 4. The molecule has 2 aliphatic heterocycles. The van der Waals surface area contributed by atoms with Gasteiger partial charge in [-0.15, -0.1) is 0 Å². The topological polar surface area (TPSA) is 111 Å². The van der Waals surface area contributed by atoms with Gasteiger partial charge >= 0.3 is 0 Å². The van der Waals surface area contributed by atoms with Crippen molar-refractivity contribution in [1.82, 2.24) is 20.4 Å². The Morgan fingerprint density at radius 3 is 2.16 bits per heavy atom. The first-order valence-corrected chi connectivity index (χ1v) is 13.0. The fourth-order valence-electron chi connectivity index (χ4n) is 6.82. The van der Waals surface area contributed by atoms with E-state index in [1.807, 2.05) is 4.90 Å². The third kappa shape index (κ3) is 4.69. The van der Waals surface area contributed by atoms with Crippen LogP contribution in [0.15, 0.2) is 0 Å². The van der Waals surface area contributed by atoms with Gasteiger partial charge in [0.1, 0.15) is 11.9 Å². The van der Waals surface area contributed by atoms with Crippen LogP contribution >= 0.6 is 0 Å². The summed E-state index contributed by atoms with van der Waals surface area (Å²) >= 11 is 0. The van der Waals surface area contributed by atoms with E-state index in [1.165, 1.54) is 38.5 Å². The molecule has 0 aromatic heterocycles. The number of nitrogens with two attached hydrogens (primary N) is 1. The standard InChI is InChI=1S/C24H41N5O3/c25-23-26-15-20(27-23)19-3-1-2-18(14-19)16-4-6-17(7-5-16)21(30)28-10-12-29(13-11-28)22(31)24(32)8-9-24/h16-20,23,26-27,32H,1-15,25H2. The first-order chi connectivity index (χ1) is 15.4. The molecular formula is C24H41N5O3. The number of hydrogen-bond donors (Lipinski definition) is 4. The molecule has 5 N–H and O–H groups in total. The van der Waals surface area contributed by atoms with Gasteiger partial charge in [0.25, 0.3) is 5.91 Å². The molecule has 0 radical (unpaired) electrons. The van der Waals surface area contributed by atoms with Crippen molar-refractivity contribution in [3.8, 4) is 0 Å². The highest BCUT2D eigenvalue weighted by Crippen LogP contribution is 2.43. The summed E-state index contributed by atoms with van der Waals surface area (Å²) in [5.74, 6) is 2.59. The van der Waals surface area contributed by atoms with Crippen LogP contribution in [0.1, 0.15) is 64.2 Å². The maximum Gasteiger partial charge on any atom is 0.254 e. The lowest BCUT2D eigenvalue weighted by Gasteiger charge is -2.41. The van der Waals surface area contributed by atoms with E-state index in [-0.39, 0.29) is 24.0 Å². The Balaban J connectivity index is 1.06. The molecule has 3 aliphatic carbocycles. The fraction of sp³-hybridized carbons (Fsp3) is 0.917. The molecule has 3 saturated carbocycles. The lowest BCUT2D eigenvalue weighted by atomic mass is 9.67. The second-order valence-corrected chi connectivity index (χ2v) is 11.1. The van der Waals surface area contributed by atoms with Crippen LogP contribution in [0, 0.1) is 23.7 Å². The van der Waals surface area contributed by atoms with Gasteiger partial charge in [0.15, 0.2) is 0 Å². The van der Waals surface area contributed by atoms with Gasteiger partial charge in [-0.3, -0.25) is 20.2 Å². The zero-order chi connectivity index (χ0) is 22.3. The summed E-state index contributed by atoms with van der Waals surface area (Å²) in [5, 5.41) is 16.9. The predicted molar refractivity (Wildman–Crippen MR) is 121 cm³/mol. The van der Waals surface area contributed by atoms with Gasteiger partial charge in [0.05, 0.1) is 0 Å². The van der Waals surface area contributed by atoms with Gasteiger partial charge < -0.3 is 20.6 Å². The van der Waals surface area contributed by atoms with Gasteiger partial charge in [0.2, 0.25) is 5.91 Å². The van der Waals surface area contributed by atoms with Gasteiger partial charge in [-0.25, -0.2) is 0 Å². The fourth-order valence-corrected chi connectivity index (χ4v) is 6.82. The van der Waals surface area contributed by atoms with Crippen molar-refractivity contribution in [3.05, 3.63) is 0 Å². The zero-order valence-corrected chi connectivity index (χ0v) is 19.3. The Bertz CT molecular complexity index is 698. The summed E-state index contributed by atoms with van der Waals surface area (Å²) in [7, 11) is 0. The van der Waals surface area contributed by atoms with Crippen LogP contribution in [-0.4, -0.2) is 77.4 Å². The van der Waals surface area contributed by atoms with E-state index in [0.717, 1.165) is 37.1 Å². The van der Waals surface area contributed by atoms with Crippen molar-refractivity contribution in [3.63, 3.8) is 0 Å². The highest BCUT2D eigenvalue weighted by Gasteiger charge is 2.50. The molecule has 8 heteroatoms. The third-order valence-electron chi connectivity index (χ3n) is 9.06. The minimum absolute atomic E-state index is 0.0553. The van der Waals surface area contributed by atoms with E-state index in [9.17, 15) is 14.7 Å². The zero-order valence-electron chi connectivity index (χ0n) is 19.3. The first-order valence-electron chi connectivity index (χ1n) is 13.0. The molecule has 0 bridgehead atoms. The molecule has 5 fully saturated rings. The molecule has 4 atom stereocenters. The number of aliphatic hydroxyl groups is 1. The van der Waals surface area contributed by atoms with E-state index in [0.29, 0.717) is 45.1 Å². The van der Waals surface area contributed by atoms with Crippen LogP contribution < -0.4 is 16.4 Å². The van der Waals surface area contributed by atoms with E-state index in [1.54, 1.807) is 4.90 Å². The van der Waals surface area contributed by atoms with Crippen molar-refractivity contribution < 1.29 is 14.7 Å². The minimum atomic E-state index is -1.10. The second kappa shape index (κ2) is 9.20. The molecule has 0 aromatic carbocycles. The molecule has 0 spiro atoms. The Kier molecular flexibility index (Phi) is 6.49. The number of hydrogen-bond acceptors (Lipinski definition) is 6. The minimum Gasteiger partial charge on any atom is -0.380 e. The van der Waals surface area contributed by atoms with Crippen molar-refractivity contribution in [2.45, 2.75) is 82.1 Å². The SMILES string of the molecule is NC1NCC(C2CCCC(C3CCC(C(=O)N4CCN(C(=O)C5(O)CC5)CC4)CC3)C2)N1. The largest absolute Gasteiger partial charge is 0.380 e. The van der Waals surface area contributed by atoms with E-state index >= 15 is 0 Å². The average Bonchev–Trinajstić information content (AvgIpc) is 3.44. The summed E-state index contributed by atoms with van der Waals surface area (Å²) in [6.45, 7) is 3.31. The van der Waals surface area contributed by atoms with Crippen molar-refractivity contribution in [1.29, 1.82) is 0 Å². The molecule has 5 rings (SSSR count). The Morgan fingerprint density at radius 1 is 0.875 bits per heavy atom. The molecule has 2 heterocycles.